The van der Waals surface area contributed by atoms with Crippen molar-refractivity contribution in [2.45, 2.75) is 31.3 Å². The van der Waals surface area contributed by atoms with E-state index < -0.39 is 0 Å². The van der Waals surface area contributed by atoms with Gasteiger partial charge in [0, 0.05) is 23.7 Å². The van der Waals surface area contributed by atoms with Crippen LogP contribution in [0.5, 0.6) is 0 Å². The molecule has 2 fully saturated rings. The Bertz CT molecular complexity index is 485. The summed E-state index contributed by atoms with van der Waals surface area (Å²) in [5.74, 6) is 0.154. The van der Waals surface area contributed by atoms with Gasteiger partial charge in [0.25, 0.3) is 0 Å². The first kappa shape index (κ1) is 14.8. The zero-order valence-corrected chi connectivity index (χ0v) is 12.9. The molecule has 0 spiro atoms. The van der Waals surface area contributed by atoms with Crippen LogP contribution in [0, 0.1) is 0 Å². The average Bonchev–Trinajstić information content (AvgIpc) is 2.52. The van der Waals surface area contributed by atoms with Gasteiger partial charge in [-0.2, -0.15) is 0 Å². The van der Waals surface area contributed by atoms with Crippen LogP contribution in [-0.4, -0.2) is 49.1 Å². The number of carbonyl (C=O) groups excluding carboxylic acids is 1. The zero-order chi connectivity index (χ0) is 14.7. The van der Waals surface area contributed by atoms with Gasteiger partial charge in [-0.3, -0.25) is 9.69 Å². The molecule has 0 radical (unpaired) electrons. The van der Waals surface area contributed by atoms with Crippen molar-refractivity contribution in [1.29, 1.82) is 0 Å². The van der Waals surface area contributed by atoms with Gasteiger partial charge in [-0.05, 0) is 50.0 Å². The summed E-state index contributed by atoms with van der Waals surface area (Å²) in [6, 6.07) is 8.94. The highest BCUT2D eigenvalue weighted by molar-refractivity contribution is 6.30. The van der Waals surface area contributed by atoms with Crippen molar-refractivity contribution in [3.05, 3.63) is 34.9 Å². The Labute approximate surface area is 130 Å². The van der Waals surface area contributed by atoms with E-state index >= 15 is 0 Å². The summed E-state index contributed by atoms with van der Waals surface area (Å²) in [5.41, 5.74) is 1.28. The predicted molar refractivity (Wildman–Crippen MR) is 84.6 cm³/mol. The lowest BCUT2D eigenvalue weighted by Crippen LogP contribution is -2.59. The number of nitrogens with one attached hydrogen (secondary N) is 2. The largest absolute Gasteiger partial charge is 0.353 e. The van der Waals surface area contributed by atoms with E-state index in [1.807, 2.05) is 12.1 Å². The molecule has 5 heteroatoms. The third-order valence-corrected chi connectivity index (χ3v) is 4.74. The molecule has 21 heavy (non-hydrogen) atoms. The van der Waals surface area contributed by atoms with Gasteiger partial charge < -0.3 is 10.6 Å². The summed E-state index contributed by atoms with van der Waals surface area (Å²) < 4.78 is 0. The molecule has 1 atom stereocenters. The Balaban J connectivity index is 1.70. The summed E-state index contributed by atoms with van der Waals surface area (Å²) in [7, 11) is 0. The van der Waals surface area contributed by atoms with E-state index in [-0.39, 0.29) is 5.91 Å². The predicted octanol–water partition coefficient (Wildman–Crippen LogP) is 1.43. The Morgan fingerprint density at radius 2 is 1.90 bits per heavy atom. The number of amides is 1. The molecule has 2 aliphatic rings. The highest BCUT2D eigenvalue weighted by Gasteiger charge is 2.32. The first-order valence-electron chi connectivity index (χ1n) is 7.70. The summed E-state index contributed by atoms with van der Waals surface area (Å²) in [5, 5.41) is 7.17. The Hall–Kier alpha value is -1.10. The zero-order valence-electron chi connectivity index (χ0n) is 12.1. The van der Waals surface area contributed by atoms with Gasteiger partial charge in [-0.15, -0.1) is 0 Å². The maximum atomic E-state index is 11.8. The standard InChI is InChI=1S/C16H22ClN3O/c17-13-3-1-12(2-4-13)9-15-10-19-16(21)11-20(15)14-5-7-18-8-6-14/h1-4,14-15,18H,5-11H2,(H,19,21)/t15-/m0/s1. The summed E-state index contributed by atoms with van der Waals surface area (Å²) in [6.07, 6.45) is 3.22. The second-order valence-electron chi connectivity index (χ2n) is 5.94. The van der Waals surface area contributed by atoms with Crippen LogP contribution >= 0.6 is 11.6 Å². The van der Waals surface area contributed by atoms with Crippen LogP contribution in [0.25, 0.3) is 0 Å². The molecule has 0 unspecified atom stereocenters. The minimum absolute atomic E-state index is 0.154. The molecule has 1 amide bonds. The van der Waals surface area contributed by atoms with E-state index in [9.17, 15) is 4.79 Å². The van der Waals surface area contributed by atoms with Gasteiger partial charge >= 0.3 is 0 Å². The molecule has 0 bridgehead atoms. The number of halogens is 1. The van der Waals surface area contributed by atoms with Crippen molar-refractivity contribution in [3.63, 3.8) is 0 Å². The van der Waals surface area contributed by atoms with Gasteiger partial charge in [-0.1, -0.05) is 23.7 Å². The smallest absolute Gasteiger partial charge is 0.234 e. The number of piperidine rings is 1. The van der Waals surface area contributed by atoms with Crippen molar-refractivity contribution in [3.8, 4) is 0 Å². The molecule has 114 valence electrons. The monoisotopic (exact) mass is 307 g/mol. The first-order valence-corrected chi connectivity index (χ1v) is 8.08. The lowest BCUT2D eigenvalue weighted by Gasteiger charge is -2.42. The molecule has 1 aromatic carbocycles. The molecular weight excluding hydrogens is 286 g/mol. The number of piperazine rings is 1. The lowest BCUT2D eigenvalue weighted by molar-refractivity contribution is -0.127. The van der Waals surface area contributed by atoms with E-state index in [1.54, 1.807) is 0 Å². The highest BCUT2D eigenvalue weighted by Crippen LogP contribution is 2.20. The van der Waals surface area contributed by atoms with Gasteiger partial charge in [0.05, 0.1) is 6.54 Å². The lowest BCUT2D eigenvalue weighted by atomic mass is 9.97. The number of benzene rings is 1. The maximum absolute atomic E-state index is 11.8. The molecular formula is C16H22ClN3O. The van der Waals surface area contributed by atoms with Crippen LogP contribution in [0.4, 0.5) is 0 Å². The van der Waals surface area contributed by atoms with Crippen LogP contribution in [0.3, 0.4) is 0 Å². The van der Waals surface area contributed by atoms with Crippen molar-refractivity contribution in [1.82, 2.24) is 15.5 Å². The van der Waals surface area contributed by atoms with Crippen molar-refractivity contribution >= 4 is 17.5 Å². The molecule has 2 N–H and O–H groups in total. The van der Waals surface area contributed by atoms with E-state index in [1.165, 1.54) is 5.56 Å². The summed E-state index contributed by atoms with van der Waals surface area (Å²) in [6.45, 7) is 3.38. The van der Waals surface area contributed by atoms with Crippen molar-refractivity contribution in [2.75, 3.05) is 26.2 Å². The number of carbonyl (C=O) groups is 1. The summed E-state index contributed by atoms with van der Waals surface area (Å²) in [4.78, 5) is 14.2. The topological polar surface area (TPSA) is 44.4 Å². The molecule has 0 aromatic heterocycles. The number of nitrogens with zero attached hydrogens (tertiary/aromatic N) is 1. The number of hydrogen-bond donors (Lipinski definition) is 2. The molecule has 2 aliphatic heterocycles. The van der Waals surface area contributed by atoms with Crippen molar-refractivity contribution in [2.24, 2.45) is 0 Å². The molecule has 4 nitrogen and oxygen atoms in total. The minimum atomic E-state index is 0.154. The third kappa shape index (κ3) is 3.76. The van der Waals surface area contributed by atoms with E-state index in [0.29, 0.717) is 18.6 Å². The second kappa shape index (κ2) is 6.77. The van der Waals surface area contributed by atoms with Crippen molar-refractivity contribution < 1.29 is 4.79 Å². The van der Waals surface area contributed by atoms with Gasteiger partial charge in [0.1, 0.15) is 0 Å². The van der Waals surface area contributed by atoms with Crippen LogP contribution in [0.2, 0.25) is 5.02 Å². The summed E-state index contributed by atoms with van der Waals surface area (Å²) >= 11 is 5.95. The van der Waals surface area contributed by atoms with E-state index in [4.69, 9.17) is 11.6 Å². The molecule has 0 aliphatic carbocycles. The fourth-order valence-electron chi connectivity index (χ4n) is 3.35. The number of hydrogen-bond acceptors (Lipinski definition) is 3. The molecule has 0 saturated carbocycles. The minimum Gasteiger partial charge on any atom is -0.353 e. The van der Waals surface area contributed by atoms with Crippen LogP contribution in [0.15, 0.2) is 24.3 Å². The Kier molecular flexibility index (Phi) is 4.78. The molecule has 2 heterocycles. The quantitative estimate of drug-likeness (QED) is 0.888. The maximum Gasteiger partial charge on any atom is 0.234 e. The third-order valence-electron chi connectivity index (χ3n) is 4.49. The first-order chi connectivity index (χ1) is 10.2. The fraction of sp³-hybridized carbons (Fsp3) is 0.562. The van der Waals surface area contributed by atoms with Gasteiger partial charge in [0.15, 0.2) is 0 Å². The number of rotatable bonds is 3. The SMILES string of the molecule is O=C1CN(C2CCNCC2)[C@@H](Cc2ccc(Cl)cc2)CN1. The molecule has 1 aromatic rings. The fourth-order valence-corrected chi connectivity index (χ4v) is 3.47. The van der Waals surface area contributed by atoms with Gasteiger partial charge in [-0.25, -0.2) is 0 Å². The van der Waals surface area contributed by atoms with Crippen LogP contribution < -0.4 is 10.6 Å². The highest BCUT2D eigenvalue weighted by atomic mass is 35.5. The molecule has 3 rings (SSSR count). The normalized spacial score (nSPS) is 24.8. The van der Waals surface area contributed by atoms with E-state index in [0.717, 1.165) is 43.9 Å². The van der Waals surface area contributed by atoms with E-state index in [2.05, 4.69) is 27.7 Å². The Morgan fingerprint density at radius 3 is 2.62 bits per heavy atom. The average molecular weight is 308 g/mol. The van der Waals surface area contributed by atoms with Crippen LogP contribution in [0.1, 0.15) is 18.4 Å². The Morgan fingerprint density at radius 1 is 1.19 bits per heavy atom. The second-order valence-corrected chi connectivity index (χ2v) is 6.38. The van der Waals surface area contributed by atoms with Gasteiger partial charge in [0.2, 0.25) is 5.91 Å². The van der Waals surface area contributed by atoms with Crippen LogP contribution in [-0.2, 0) is 11.2 Å². The molecule has 2 saturated heterocycles.